The first kappa shape index (κ1) is 21.0. The number of nitrogens with zero attached hydrogens (tertiary/aromatic N) is 1. The summed E-state index contributed by atoms with van der Waals surface area (Å²) >= 11 is 4.60. The monoisotopic (exact) mass is 407 g/mol. The van der Waals surface area contributed by atoms with E-state index in [1.165, 1.54) is 48.5 Å². The third-order valence-electron chi connectivity index (χ3n) is 4.86. The lowest BCUT2D eigenvalue weighted by molar-refractivity contribution is 0.588. The Labute approximate surface area is 176 Å². The first-order valence-corrected chi connectivity index (χ1v) is 10.3. The Balaban J connectivity index is 1.78. The van der Waals surface area contributed by atoms with Crippen molar-refractivity contribution in [2.45, 2.75) is 32.6 Å². The third-order valence-corrected chi connectivity index (χ3v) is 4.98. The van der Waals surface area contributed by atoms with Gasteiger partial charge in [0, 0.05) is 11.6 Å². The van der Waals surface area contributed by atoms with Gasteiger partial charge in [-0.3, -0.25) is 0 Å². The lowest BCUT2D eigenvalue weighted by atomic mass is 9.98. The van der Waals surface area contributed by atoms with Crippen molar-refractivity contribution in [3.05, 3.63) is 77.9 Å². The van der Waals surface area contributed by atoms with Gasteiger partial charge in [-0.2, -0.15) is 0 Å². The predicted molar refractivity (Wildman–Crippen MR) is 122 cm³/mol. The summed E-state index contributed by atoms with van der Waals surface area (Å²) in [6.45, 7) is 2.21. The number of thiocarbonyl (C=S) groups is 1. The number of rotatable bonds is 8. The van der Waals surface area contributed by atoms with Crippen molar-refractivity contribution in [3.63, 3.8) is 0 Å². The van der Waals surface area contributed by atoms with Gasteiger partial charge in [-0.15, -0.1) is 0 Å². The van der Waals surface area contributed by atoms with E-state index in [0.29, 0.717) is 5.56 Å². The van der Waals surface area contributed by atoms with Crippen LogP contribution < -0.4 is 0 Å². The maximum Gasteiger partial charge on any atom is 0.152 e. The lowest BCUT2D eigenvalue weighted by Crippen LogP contribution is -1.88. The second-order valence-corrected chi connectivity index (χ2v) is 7.21. The minimum atomic E-state index is -0.712. The average molecular weight is 408 g/mol. The molecule has 0 amide bonds. The topological polar surface area (TPSA) is 12.4 Å². The number of aliphatic imine (C=N–C) groups is 1. The second-order valence-electron chi connectivity index (χ2n) is 6.93. The predicted octanol–water partition coefficient (Wildman–Crippen LogP) is 7.73. The Morgan fingerprint density at radius 3 is 1.83 bits per heavy atom. The summed E-state index contributed by atoms with van der Waals surface area (Å²) in [4.78, 5) is 3.71. The van der Waals surface area contributed by atoms with Gasteiger partial charge in [0.15, 0.2) is 11.6 Å². The van der Waals surface area contributed by atoms with Gasteiger partial charge in [-0.05, 0) is 52.8 Å². The summed E-state index contributed by atoms with van der Waals surface area (Å²) in [5.41, 5.74) is 4.42. The van der Waals surface area contributed by atoms with Gasteiger partial charge in [0.05, 0.1) is 0 Å². The Hall–Kier alpha value is -2.72. The zero-order valence-electron chi connectivity index (χ0n) is 16.4. The lowest BCUT2D eigenvalue weighted by Gasteiger charge is -2.08. The first-order chi connectivity index (χ1) is 14.1. The van der Waals surface area contributed by atoms with Gasteiger partial charge in [0.2, 0.25) is 0 Å². The molecule has 0 unspecified atom stereocenters. The molecular weight excluding hydrogens is 384 g/mol. The summed E-state index contributed by atoms with van der Waals surface area (Å²) in [6, 6.07) is 18.9. The zero-order valence-corrected chi connectivity index (χ0v) is 17.2. The zero-order chi connectivity index (χ0) is 20.6. The molecule has 0 aliphatic heterocycles. The highest BCUT2D eigenvalue weighted by Crippen LogP contribution is 2.30. The van der Waals surface area contributed by atoms with Gasteiger partial charge in [0.1, 0.15) is 5.69 Å². The molecule has 0 saturated heterocycles. The van der Waals surface area contributed by atoms with Gasteiger partial charge in [0.25, 0.3) is 0 Å². The molecule has 0 fully saturated rings. The molecule has 0 aromatic heterocycles. The van der Waals surface area contributed by atoms with E-state index < -0.39 is 11.6 Å². The summed E-state index contributed by atoms with van der Waals surface area (Å²) in [6.07, 6.45) is 5.99. The third kappa shape index (κ3) is 5.42. The van der Waals surface area contributed by atoms with Gasteiger partial charge >= 0.3 is 0 Å². The molecule has 0 atom stereocenters. The molecule has 0 spiro atoms. The van der Waals surface area contributed by atoms with Crippen LogP contribution in [0.15, 0.2) is 65.7 Å². The van der Waals surface area contributed by atoms with Crippen LogP contribution in [-0.4, -0.2) is 11.6 Å². The molecule has 4 heteroatoms. The highest BCUT2D eigenvalue weighted by molar-refractivity contribution is 7.80. The van der Waals surface area contributed by atoms with E-state index in [4.69, 9.17) is 0 Å². The van der Waals surface area contributed by atoms with Crippen molar-refractivity contribution in [2.24, 2.45) is 4.99 Å². The molecule has 3 aromatic carbocycles. The Bertz CT molecular complexity index is 969. The van der Waals surface area contributed by atoms with Crippen molar-refractivity contribution >= 4 is 29.5 Å². The van der Waals surface area contributed by atoms with Crippen molar-refractivity contribution in [1.29, 1.82) is 0 Å². The minimum absolute atomic E-state index is 0.328. The summed E-state index contributed by atoms with van der Waals surface area (Å²) in [5.74, 6) is -1.42. The molecule has 29 heavy (non-hydrogen) atoms. The largest absolute Gasteiger partial charge is 0.250 e. The molecule has 148 valence electrons. The van der Waals surface area contributed by atoms with E-state index in [2.05, 4.69) is 48.4 Å². The molecule has 0 bridgehead atoms. The van der Waals surface area contributed by atoms with Crippen molar-refractivity contribution in [2.75, 3.05) is 0 Å². The number of hydrogen-bond donors (Lipinski definition) is 0. The average Bonchev–Trinajstić information content (AvgIpc) is 2.74. The number of aryl methyl sites for hydroxylation is 1. The minimum Gasteiger partial charge on any atom is -0.250 e. The van der Waals surface area contributed by atoms with Gasteiger partial charge in [-0.1, -0.05) is 80.5 Å². The van der Waals surface area contributed by atoms with Crippen LogP contribution in [0.4, 0.5) is 14.5 Å². The first-order valence-electron chi connectivity index (χ1n) is 9.79. The molecule has 0 saturated carbocycles. The maximum absolute atomic E-state index is 14.2. The second kappa shape index (κ2) is 10.2. The van der Waals surface area contributed by atoms with Crippen LogP contribution in [0.3, 0.4) is 0 Å². The fraction of sp³-hybridized carbons (Fsp3) is 0.200. The highest BCUT2D eigenvalue weighted by atomic mass is 32.1. The molecule has 3 rings (SSSR count). The van der Waals surface area contributed by atoms with Crippen LogP contribution in [0.5, 0.6) is 0 Å². The molecule has 1 nitrogen and oxygen atoms in total. The fourth-order valence-electron chi connectivity index (χ4n) is 3.26. The van der Waals surface area contributed by atoms with E-state index >= 15 is 0 Å². The summed E-state index contributed by atoms with van der Waals surface area (Å²) < 4.78 is 28.4. The summed E-state index contributed by atoms with van der Waals surface area (Å²) in [7, 11) is 0. The van der Waals surface area contributed by atoms with Crippen LogP contribution >= 0.6 is 12.2 Å². The van der Waals surface area contributed by atoms with E-state index in [9.17, 15) is 8.78 Å². The smallest absolute Gasteiger partial charge is 0.152 e. The van der Waals surface area contributed by atoms with Gasteiger partial charge < -0.3 is 0 Å². The Morgan fingerprint density at radius 1 is 0.793 bits per heavy atom. The molecule has 0 aliphatic carbocycles. The van der Waals surface area contributed by atoms with Crippen molar-refractivity contribution < 1.29 is 8.78 Å². The number of hydrogen-bond acceptors (Lipinski definition) is 2. The molecule has 3 aromatic rings. The van der Waals surface area contributed by atoms with E-state index in [0.717, 1.165) is 23.1 Å². The van der Waals surface area contributed by atoms with Crippen molar-refractivity contribution in [1.82, 2.24) is 0 Å². The Morgan fingerprint density at radius 2 is 1.31 bits per heavy atom. The molecule has 0 heterocycles. The Kier molecular flexibility index (Phi) is 7.36. The normalized spacial score (nSPS) is 11.1. The number of halogens is 2. The van der Waals surface area contributed by atoms with E-state index in [1.54, 1.807) is 0 Å². The summed E-state index contributed by atoms with van der Waals surface area (Å²) in [5, 5.41) is 1.21. The van der Waals surface area contributed by atoms with Crippen LogP contribution in [-0.2, 0) is 6.42 Å². The standard InChI is InChI=1S/C25H23F2NS/c1-2-3-4-5-18-6-8-19(9-7-18)20-10-12-21(13-11-20)22-16-23(26)25(24(27)17-22)28-14-15-29/h6-17H,2-5H2,1H3. The molecule has 0 radical (unpaired) electrons. The van der Waals surface area contributed by atoms with Crippen LogP contribution in [0.25, 0.3) is 22.3 Å². The van der Waals surface area contributed by atoms with Crippen LogP contribution in [0.2, 0.25) is 0 Å². The maximum atomic E-state index is 14.2. The molecule has 0 aliphatic rings. The van der Waals surface area contributed by atoms with Crippen molar-refractivity contribution in [3.8, 4) is 22.3 Å². The quantitative estimate of drug-likeness (QED) is 0.211. The molecule has 0 N–H and O–H groups in total. The van der Waals surface area contributed by atoms with Crippen LogP contribution in [0, 0.1) is 11.6 Å². The SMILES string of the molecule is CCCCCc1ccc(-c2ccc(-c3cc(F)c(N=CC=S)c(F)c3)cc2)cc1. The fourth-order valence-corrected chi connectivity index (χ4v) is 3.32. The number of benzene rings is 3. The molecular formula is C25H23F2NS. The van der Waals surface area contributed by atoms with Crippen LogP contribution in [0.1, 0.15) is 31.7 Å². The number of unbranched alkanes of at least 4 members (excludes halogenated alkanes) is 2. The highest BCUT2D eigenvalue weighted by Gasteiger charge is 2.11. The van der Waals surface area contributed by atoms with Gasteiger partial charge in [-0.25, -0.2) is 13.8 Å². The van der Waals surface area contributed by atoms with E-state index in [-0.39, 0.29) is 5.69 Å². The van der Waals surface area contributed by atoms with E-state index in [1.807, 2.05) is 24.3 Å².